The third-order valence-corrected chi connectivity index (χ3v) is 3.67. The van der Waals surface area contributed by atoms with Crippen molar-refractivity contribution in [3.63, 3.8) is 0 Å². The number of aliphatic hydroxyl groups is 1. The molecule has 0 aliphatic carbocycles. The van der Waals surface area contributed by atoms with E-state index < -0.39 is 11.7 Å². The second kappa shape index (κ2) is 6.97. The van der Waals surface area contributed by atoms with Gasteiger partial charge in [-0.05, 0) is 39.0 Å². The summed E-state index contributed by atoms with van der Waals surface area (Å²) in [5.41, 5.74) is -0.591. The number of carbonyl (C=O) groups is 1. The molecule has 0 bridgehead atoms. The minimum atomic E-state index is -0.458. The number of carbonyl (C=O) groups excluding carboxylic acids is 1. The molecule has 1 fully saturated rings. The molecule has 0 radical (unpaired) electrons. The molecule has 0 spiro atoms. The normalized spacial score (nSPS) is 22.0. The predicted octanol–water partition coefficient (Wildman–Crippen LogP) is 2.38. The largest absolute Gasteiger partial charge is 0.444 e. The van der Waals surface area contributed by atoms with Crippen LogP contribution >= 0.6 is 0 Å². The lowest BCUT2D eigenvalue weighted by atomic mass is 9.89. The summed E-state index contributed by atoms with van der Waals surface area (Å²) < 4.78 is 5.42. The van der Waals surface area contributed by atoms with E-state index in [0.717, 1.165) is 19.4 Å². The maximum atomic E-state index is 12.1. The molecule has 1 amide bonds. The van der Waals surface area contributed by atoms with Crippen molar-refractivity contribution in [1.29, 1.82) is 0 Å². The number of nitrogens with one attached hydrogen (secondary N) is 1. The molecule has 21 heavy (non-hydrogen) atoms. The molecule has 0 aromatic rings. The van der Waals surface area contributed by atoms with Gasteiger partial charge in [-0.3, -0.25) is 0 Å². The maximum Gasteiger partial charge on any atom is 0.410 e. The fraction of sp³-hybridized carbons (Fsp3) is 0.938. The van der Waals surface area contributed by atoms with Crippen LogP contribution in [0.5, 0.6) is 0 Å². The molecule has 0 aromatic carbocycles. The predicted molar refractivity (Wildman–Crippen MR) is 84.3 cm³/mol. The van der Waals surface area contributed by atoms with E-state index in [9.17, 15) is 9.90 Å². The number of amides is 1. The Balaban J connectivity index is 2.44. The Hall–Kier alpha value is -0.810. The molecule has 0 aromatic heterocycles. The Morgan fingerprint density at radius 1 is 1.33 bits per heavy atom. The quantitative estimate of drug-likeness (QED) is 0.840. The lowest BCUT2D eigenvalue weighted by Crippen LogP contribution is -2.51. The standard InChI is InChI=1S/C16H32N2O3/c1-15(2,3)13(19)10-17-12-8-7-9-18(11-12)14(20)21-16(4,5)6/h12-13,17,19H,7-11H2,1-6H3. The number of piperidine rings is 1. The summed E-state index contributed by atoms with van der Waals surface area (Å²) >= 11 is 0. The number of ether oxygens (including phenoxy) is 1. The minimum Gasteiger partial charge on any atom is -0.444 e. The topological polar surface area (TPSA) is 61.8 Å². The first-order valence-electron chi connectivity index (χ1n) is 7.88. The number of hydrogen-bond donors (Lipinski definition) is 2. The Morgan fingerprint density at radius 2 is 1.95 bits per heavy atom. The molecule has 1 aliphatic heterocycles. The smallest absolute Gasteiger partial charge is 0.410 e. The molecule has 5 nitrogen and oxygen atoms in total. The van der Waals surface area contributed by atoms with Crippen LogP contribution in [-0.4, -0.2) is 53.5 Å². The molecule has 1 aliphatic rings. The molecule has 1 rings (SSSR count). The summed E-state index contributed by atoms with van der Waals surface area (Å²) in [4.78, 5) is 13.8. The third kappa shape index (κ3) is 6.66. The van der Waals surface area contributed by atoms with Gasteiger partial charge in [0.1, 0.15) is 5.60 Å². The zero-order chi connectivity index (χ0) is 16.3. The zero-order valence-corrected chi connectivity index (χ0v) is 14.4. The van der Waals surface area contributed by atoms with Crippen molar-refractivity contribution in [3.8, 4) is 0 Å². The van der Waals surface area contributed by atoms with Crippen LogP contribution in [0, 0.1) is 5.41 Å². The molecule has 124 valence electrons. The van der Waals surface area contributed by atoms with Gasteiger partial charge in [0.15, 0.2) is 0 Å². The van der Waals surface area contributed by atoms with E-state index in [1.807, 2.05) is 41.5 Å². The first kappa shape index (κ1) is 18.2. The third-order valence-electron chi connectivity index (χ3n) is 3.67. The molecule has 1 heterocycles. The fourth-order valence-electron chi connectivity index (χ4n) is 2.22. The van der Waals surface area contributed by atoms with E-state index in [-0.39, 0.29) is 17.6 Å². The number of rotatable bonds is 3. The van der Waals surface area contributed by atoms with E-state index in [4.69, 9.17) is 4.74 Å². The van der Waals surface area contributed by atoms with Gasteiger partial charge >= 0.3 is 6.09 Å². The highest BCUT2D eigenvalue weighted by atomic mass is 16.6. The van der Waals surface area contributed by atoms with E-state index in [0.29, 0.717) is 13.1 Å². The second-order valence-corrected chi connectivity index (χ2v) is 8.06. The van der Waals surface area contributed by atoms with Crippen molar-refractivity contribution in [3.05, 3.63) is 0 Å². The van der Waals surface area contributed by atoms with Crippen LogP contribution < -0.4 is 5.32 Å². The van der Waals surface area contributed by atoms with Gasteiger partial charge in [-0.15, -0.1) is 0 Å². The SMILES string of the molecule is CC(C)(C)OC(=O)N1CCCC(NCC(O)C(C)(C)C)C1. The number of hydrogen-bond acceptors (Lipinski definition) is 4. The van der Waals surface area contributed by atoms with Crippen molar-refractivity contribution in [2.45, 2.75) is 72.1 Å². The maximum absolute atomic E-state index is 12.1. The number of aliphatic hydroxyl groups excluding tert-OH is 1. The highest BCUT2D eigenvalue weighted by Crippen LogP contribution is 2.19. The van der Waals surface area contributed by atoms with Crippen molar-refractivity contribution >= 4 is 6.09 Å². The number of likely N-dealkylation sites (tertiary alicyclic amines) is 1. The Morgan fingerprint density at radius 3 is 2.48 bits per heavy atom. The van der Waals surface area contributed by atoms with Gasteiger partial charge in [0, 0.05) is 25.7 Å². The molecule has 1 saturated heterocycles. The van der Waals surface area contributed by atoms with Crippen molar-refractivity contribution in [2.24, 2.45) is 5.41 Å². The average molecular weight is 300 g/mol. The van der Waals surface area contributed by atoms with Gasteiger partial charge in [0.25, 0.3) is 0 Å². The van der Waals surface area contributed by atoms with E-state index in [2.05, 4.69) is 5.32 Å². The summed E-state index contributed by atoms with van der Waals surface area (Å²) in [5.74, 6) is 0. The Kier molecular flexibility index (Phi) is 6.05. The van der Waals surface area contributed by atoms with Gasteiger partial charge in [-0.2, -0.15) is 0 Å². The summed E-state index contributed by atoms with van der Waals surface area (Å²) in [6, 6.07) is 0.225. The zero-order valence-electron chi connectivity index (χ0n) is 14.4. The lowest BCUT2D eigenvalue weighted by molar-refractivity contribution is 0.0168. The van der Waals surface area contributed by atoms with E-state index >= 15 is 0 Å². The molecular weight excluding hydrogens is 268 g/mol. The summed E-state index contributed by atoms with van der Waals surface area (Å²) in [7, 11) is 0. The molecule has 5 heteroatoms. The van der Waals surface area contributed by atoms with Gasteiger partial charge in [0.05, 0.1) is 6.10 Å². The van der Waals surface area contributed by atoms with Gasteiger partial charge in [0.2, 0.25) is 0 Å². The lowest BCUT2D eigenvalue weighted by Gasteiger charge is -2.35. The van der Waals surface area contributed by atoms with Gasteiger partial charge < -0.3 is 20.1 Å². The van der Waals surface area contributed by atoms with Crippen LogP contribution in [0.25, 0.3) is 0 Å². The summed E-state index contributed by atoms with van der Waals surface area (Å²) in [6.07, 6.45) is 1.35. The highest BCUT2D eigenvalue weighted by Gasteiger charge is 2.29. The van der Waals surface area contributed by atoms with Crippen LogP contribution in [0.3, 0.4) is 0 Å². The molecule has 2 N–H and O–H groups in total. The minimum absolute atomic E-state index is 0.132. The van der Waals surface area contributed by atoms with Crippen LogP contribution in [0.15, 0.2) is 0 Å². The van der Waals surface area contributed by atoms with E-state index in [1.54, 1.807) is 4.90 Å². The fourth-order valence-corrected chi connectivity index (χ4v) is 2.22. The van der Waals surface area contributed by atoms with Crippen molar-refractivity contribution in [1.82, 2.24) is 10.2 Å². The molecular formula is C16H32N2O3. The monoisotopic (exact) mass is 300 g/mol. The highest BCUT2D eigenvalue weighted by molar-refractivity contribution is 5.68. The average Bonchev–Trinajstić information content (AvgIpc) is 2.33. The van der Waals surface area contributed by atoms with Crippen LogP contribution in [0.4, 0.5) is 4.79 Å². The summed E-state index contributed by atoms with van der Waals surface area (Å²) in [6.45, 7) is 13.6. The van der Waals surface area contributed by atoms with Crippen LogP contribution in [-0.2, 0) is 4.74 Å². The first-order valence-corrected chi connectivity index (χ1v) is 7.88. The first-order chi connectivity index (χ1) is 9.49. The van der Waals surface area contributed by atoms with Gasteiger partial charge in [-0.25, -0.2) is 4.79 Å². The van der Waals surface area contributed by atoms with Crippen LogP contribution in [0.1, 0.15) is 54.4 Å². The second-order valence-electron chi connectivity index (χ2n) is 8.06. The molecule has 2 unspecified atom stereocenters. The molecule has 0 saturated carbocycles. The van der Waals surface area contributed by atoms with Crippen molar-refractivity contribution < 1.29 is 14.6 Å². The number of nitrogens with zero attached hydrogens (tertiary/aromatic N) is 1. The van der Waals surface area contributed by atoms with Crippen molar-refractivity contribution in [2.75, 3.05) is 19.6 Å². The van der Waals surface area contributed by atoms with Crippen LogP contribution in [0.2, 0.25) is 0 Å². The Labute approximate surface area is 129 Å². The van der Waals surface area contributed by atoms with Gasteiger partial charge in [-0.1, -0.05) is 20.8 Å². The van der Waals surface area contributed by atoms with E-state index in [1.165, 1.54) is 0 Å². The molecule has 2 atom stereocenters. The summed E-state index contributed by atoms with van der Waals surface area (Å²) in [5, 5.41) is 13.5. The Bertz CT molecular complexity index is 344.